The highest BCUT2D eigenvalue weighted by molar-refractivity contribution is 6.91. The smallest absolute Gasteiger partial charge is 0.202 e. The van der Waals surface area contributed by atoms with Gasteiger partial charge in [-0.1, -0.05) is 48.6 Å². The molecule has 0 saturated heterocycles. The number of hydrogen-bond donors (Lipinski definition) is 0. The quantitative estimate of drug-likeness (QED) is 0.624. The van der Waals surface area contributed by atoms with Crippen molar-refractivity contribution < 1.29 is 4.32 Å². The molecular weight excluding hydrogens is 174 g/mol. The third kappa shape index (κ3) is 1.52. The summed E-state index contributed by atoms with van der Waals surface area (Å²) < 4.78 is 14.5. The fraction of sp³-hybridized carbons (Fsp3) is 0.167. The fourth-order valence-corrected chi connectivity index (χ4v) is 1.89. The van der Waals surface area contributed by atoms with Gasteiger partial charge in [-0.25, -0.2) is 0 Å². The average Bonchev–Trinajstić information content (AvgIpc) is 2.72. The minimum atomic E-state index is -2.01. The van der Waals surface area contributed by atoms with Gasteiger partial charge in [0.2, 0.25) is 6.42 Å². The van der Waals surface area contributed by atoms with Crippen LogP contribution in [0.5, 0.6) is 0 Å². The highest BCUT2D eigenvalue weighted by Gasteiger charge is 2.23. The Bertz CT molecular complexity index is 377. The molecule has 1 aromatic rings. The highest BCUT2D eigenvalue weighted by atomic mass is 19.1. The van der Waals surface area contributed by atoms with Crippen LogP contribution >= 0.6 is 0 Å². The van der Waals surface area contributed by atoms with E-state index in [4.69, 9.17) is 0 Å². The first-order valence-corrected chi connectivity index (χ1v) is 5.00. The summed E-state index contributed by atoms with van der Waals surface area (Å²) in [7, 11) is 0. The summed E-state index contributed by atoms with van der Waals surface area (Å²) in [6, 6.07) is 9.41. The van der Waals surface area contributed by atoms with Crippen molar-refractivity contribution >= 4 is 11.9 Å². The molecule has 14 heavy (non-hydrogen) atoms. The Kier molecular flexibility index (Phi) is 2.28. The SMILES string of the molecule is C[B-](F)(C1=CC=CC1)c1ccccc1. The minimum absolute atomic E-state index is 0.752. The van der Waals surface area contributed by atoms with Crippen molar-refractivity contribution in [3.05, 3.63) is 54.0 Å². The van der Waals surface area contributed by atoms with E-state index in [2.05, 4.69) is 0 Å². The van der Waals surface area contributed by atoms with Crippen LogP contribution in [-0.2, 0) is 0 Å². The summed E-state index contributed by atoms with van der Waals surface area (Å²) in [5.41, 5.74) is 1.69. The van der Waals surface area contributed by atoms with E-state index in [1.54, 1.807) is 6.82 Å². The molecule has 1 atom stereocenters. The first kappa shape index (κ1) is 9.26. The van der Waals surface area contributed by atoms with E-state index in [9.17, 15) is 4.32 Å². The van der Waals surface area contributed by atoms with E-state index in [1.165, 1.54) is 0 Å². The van der Waals surface area contributed by atoms with Gasteiger partial charge in [0.05, 0.1) is 0 Å². The number of halogens is 1. The maximum absolute atomic E-state index is 14.5. The second kappa shape index (κ2) is 3.45. The van der Waals surface area contributed by atoms with Crippen molar-refractivity contribution in [1.29, 1.82) is 0 Å². The zero-order valence-corrected chi connectivity index (χ0v) is 8.28. The van der Waals surface area contributed by atoms with Gasteiger partial charge in [-0.05, 0) is 6.42 Å². The van der Waals surface area contributed by atoms with Crippen LogP contribution in [0, 0.1) is 0 Å². The van der Waals surface area contributed by atoms with E-state index in [1.807, 2.05) is 48.6 Å². The molecule has 72 valence electrons. The molecule has 0 nitrogen and oxygen atoms in total. The molecule has 0 aromatic heterocycles. The second-order valence-corrected chi connectivity index (χ2v) is 3.94. The van der Waals surface area contributed by atoms with Crippen molar-refractivity contribution in [2.24, 2.45) is 0 Å². The summed E-state index contributed by atoms with van der Waals surface area (Å²) in [6.07, 6.45) is 4.56. The normalized spacial score (nSPS) is 19.1. The molecule has 0 radical (unpaired) electrons. The van der Waals surface area contributed by atoms with Crippen LogP contribution in [0.2, 0.25) is 6.82 Å². The number of benzene rings is 1. The van der Waals surface area contributed by atoms with Gasteiger partial charge in [0.15, 0.2) is 0 Å². The molecule has 0 spiro atoms. The lowest BCUT2D eigenvalue weighted by molar-refractivity contribution is 0.819. The predicted molar refractivity (Wildman–Crippen MR) is 60.6 cm³/mol. The van der Waals surface area contributed by atoms with Gasteiger partial charge < -0.3 is 4.32 Å². The molecule has 2 heteroatoms. The molecule has 0 heterocycles. The van der Waals surface area contributed by atoms with Gasteiger partial charge in [-0.3, -0.25) is 0 Å². The van der Waals surface area contributed by atoms with Crippen LogP contribution < -0.4 is 5.46 Å². The summed E-state index contributed by atoms with van der Waals surface area (Å²) in [5.74, 6) is 0. The van der Waals surface area contributed by atoms with Crippen LogP contribution in [0.25, 0.3) is 0 Å². The molecule has 0 aliphatic heterocycles. The summed E-state index contributed by atoms with van der Waals surface area (Å²) in [5, 5.41) is 0. The third-order valence-electron chi connectivity index (χ3n) is 2.92. The first-order valence-electron chi connectivity index (χ1n) is 5.00. The molecule has 1 unspecified atom stereocenters. The molecule has 0 N–H and O–H groups in total. The van der Waals surface area contributed by atoms with E-state index in [0.29, 0.717) is 0 Å². The Morgan fingerprint density at radius 1 is 1.21 bits per heavy atom. The second-order valence-electron chi connectivity index (χ2n) is 3.94. The summed E-state index contributed by atoms with van der Waals surface area (Å²) in [6.45, 7) is 1.69. The van der Waals surface area contributed by atoms with Crippen molar-refractivity contribution in [1.82, 2.24) is 0 Å². The predicted octanol–water partition coefficient (Wildman–Crippen LogP) is 2.86. The Hall–Kier alpha value is -1.31. The average molecular weight is 187 g/mol. The zero-order chi connectivity index (χ0) is 10.0. The molecule has 1 aromatic carbocycles. The van der Waals surface area contributed by atoms with E-state index >= 15 is 0 Å². The lowest BCUT2D eigenvalue weighted by Crippen LogP contribution is -2.42. The van der Waals surface area contributed by atoms with E-state index in [-0.39, 0.29) is 0 Å². The number of rotatable bonds is 2. The van der Waals surface area contributed by atoms with Crippen LogP contribution in [0.1, 0.15) is 6.42 Å². The minimum Gasteiger partial charge on any atom is -0.505 e. The van der Waals surface area contributed by atoms with Crippen LogP contribution in [0.4, 0.5) is 4.32 Å². The molecule has 1 aliphatic rings. The van der Waals surface area contributed by atoms with Gasteiger partial charge in [0.25, 0.3) is 0 Å². The van der Waals surface area contributed by atoms with Crippen LogP contribution in [0.3, 0.4) is 0 Å². The summed E-state index contributed by atoms with van der Waals surface area (Å²) >= 11 is 0. The van der Waals surface area contributed by atoms with Crippen molar-refractivity contribution in [2.75, 3.05) is 0 Å². The zero-order valence-electron chi connectivity index (χ0n) is 8.28. The first-order chi connectivity index (χ1) is 6.71. The van der Waals surface area contributed by atoms with E-state index in [0.717, 1.165) is 17.4 Å². The molecule has 0 bridgehead atoms. The van der Waals surface area contributed by atoms with Gasteiger partial charge in [0, 0.05) is 0 Å². The molecule has 0 saturated carbocycles. The largest absolute Gasteiger partial charge is 0.505 e. The van der Waals surface area contributed by atoms with Gasteiger partial charge >= 0.3 is 0 Å². The van der Waals surface area contributed by atoms with Crippen molar-refractivity contribution in [3.8, 4) is 0 Å². The lowest BCUT2D eigenvalue weighted by Gasteiger charge is -2.30. The number of allylic oxidation sites excluding steroid dienone is 4. The standard InChI is InChI=1S/C12H13BF/c1-13(14,12-9-5-6-10-12)11-7-3-2-4-8-11/h2-9H,10H2,1H3/q-1. The van der Waals surface area contributed by atoms with Crippen LogP contribution in [0.15, 0.2) is 54.0 Å². The molecule has 0 fully saturated rings. The molecule has 1 aliphatic carbocycles. The topological polar surface area (TPSA) is 0 Å². The van der Waals surface area contributed by atoms with Crippen molar-refractivity contribution in [2.45, 2.75) is 13.2 Å². The van der Waals surface area contributed by atoms with Gasteiger partial charge in [-0.15, -0.1) is 0 Å². The maximum atomic E-state index is 14.5. The Morgan fingerprint density at radius 3 is 2.50 bits per heavy atom. The van der Waals surface area contributed by atoms with Gasteiger partial charge in [-0.2, -0.15) is 17.8 Å². The molecule has 2 rings (SSSR count). The lowest BCUT2D eigenvalue weighted by atomic mass is 9.36. The highest BCUT2D eigenvalue weighted by Crippen LogP contribution is 2.23. The monoisotopic (exact) mass is 187 g/mol. The Morgan fingerprint density at radius 2 is 1.93 bits per heavy atom. The van der Waals surface area contributed by atoms with Crippen molar-refractivity contribution in [3.63, 3.8) is 0 Å². The van der Waals surface area contributed by atoms with Crippen LogP contribution in [-0.4, -0.2) is 6.42 Å². The summed E-state index contributed by atoms with van der Waals surface area (Å²) in [4.78, 5) is 0. The molecular formula is C12H13BF-. The Labute approximate surface area is 84.1 Å². The Balaban J connectivity index is 2.33. The maximum Gasteiger partial charge on any atom is 0.202 e. The fourth-order valence-electron chi connectivity index (χ4n) is 1.89. The third-order valence-corrected chi connectivity index (χ3v) is 2.92. The van der Waals surface area contributed by atoms with E-state index < -0.39 is 6.42 Å². The van der Waals surface area contributed by atoms with Gasteiger partial charge in [0.1, 0.15) is 0 Å². The number of hydrogen-bond acceptors (Lipinski definition) is 0. The molecule has 0 amide bonds.